The second kappa shape index (κ2) is 5.57. The van der Waals surface area contributed by atoms with E-state index in [1.807, 2.05) is 11.8 Å². The van der Waals surface area contributed by atoms with Crippen LogP contribution in [0.4, 0.5) is 0 Å². The van der Waals surface area contributed by atoms with Crippen LogP contribution >= 0.6 is 11.8 Å². The molecule has 3 rings (SSSR count). The van der Waals surface area contributed by atoms with Crippen molar-refractivity contribution in [2.75, 3.05) is 12.4 Å². The summed E-state index contributed by atoms with van der Waals surface area (Å²) in [6.07, 6.45) is 6.99. The van der Waals surface area contributed by atoms with E-state index in [1.165, 1.54) is 24.2 Å². The lowest BCUT2D eigenvalue weighted by Crippen LogP contribution is -2.42. The van der Waals surface area contributed by atoms with Gasteiger partial charge in [0.05, 0.1) is 5.60 Å². The Morgan fingerprint density at radius 1 is 1.40 bits per heavy atom. The lowest BCUT2D eigenvalue weighted by Gasteiger charge is -2.40. The second-order valence-corrected chi connectivity index (χ2v) is 7.59. The molecular weight excluding hydrogens is 264 g/mol. The maximum atomic E-state index is 6.31. The number of thioether (sulfide) groups is 1. The first-order valence-corrected chi connectivity index (χ1v) is 8.59. The Labute approximate surface area is 126 Å². The normalized spacial score (nSPS) is 36.0. The molecule has 1 saturated carbocycles. The molecule has 1 saturated heterocycles. The molecule has 1 nitrogen and oxygen atoms in total. The topological polar surface area (TPSA) is 9.23 Å². The van der Waals surface area contributed by atoms with Crippen LogP contribution in [0.2, 0.25) is 0 Å². The van der Waals surface area contributed by atoms with Crippen molar-refractivity contribution in [2.45, 2.75) is 43.1 Å². The molecule has 0 amide bonds. The standard InChI is InChI=1S/C18H24OS/c1-3-9-17-10-11-19-18(13-17,15(2)12-17)14-20-16-7-5-4-6-8-16/h3-8,15H,1,9-14H2,2H3/t15?,17-,18+/m1/s1. The number of benzene rings is 1. The number of fused-ring (bicyclic) bond motifs is 2. The Hall–Kier alpha value is -0.730. The number of hydrogen-bond acceptors (Lipinski definition) is 2. The summed E-state index contributed by atoms with van der Waals surface area (Å²) in [5.41, 5.74) is 0.554. The molecule has 2 bridgehead atoms. The van der Waals surface area contributed by atoms with Gasteiger partial charge in [-0.05, 0) is 49.1 Å². The van der Waals surface area contributed by atoms with Gasteiger partial charge in [0.15, 0.2) is 0 Å². The van der Waals surface area contributed by atoms with E-state index in [-0.39, 0.29) is 5.60 Å². The van der Waals surface area contributed by atoms with E-state index in [0.717, 1.165) is 18.8 Å². The molecule has 3 atom stereocenters. The lowest BCUT2D eigenvalue weighted by atomic mass is 9.77. The molecule has 1 unspecified atom stereocenters. The van der Waals surface area contributed by atoms with Crippen molar-refractivity contribution in [1.29, 1.82) is 0 Å². The fourth-order valence-corrected chi connectivity index (χ4v) is 5.32. The Morgan fingerprint density at radius 3 is 2.95 bits per heavy atom. The highest BCUT2D eigenvalue weighted by Gasteiger charge is 2.55. The van der Waals surface area contributed by atoms with Crippen molar-refractivity contribution >= 4 is 11.8 Å². The third-order valence-electron chi connectivity index (χ3n) is 5.14. The molecule has 2 heteroatoms. The average molecular weight is 288 g/mol. The van der Waals surface area contributed by atoms with Gasteiger partial charge in [-0.15, -0.1) is 18.3 Å². The van der Waals surface area contributed by atoms with Gasteiger partial charge < -0.3 is 4.74 Å². The predicted octanol–water partition coefficient (Wildman–Crippen LogP) is 4.93. The van der Waals surface area contributed by atoms with Crippen LogP contribution in [0.5, 0.6) is 0 Å². The first kappa shape index (κ1) is 14.2. The number of allylic oxidation sites excluding steroid dienone is 1. The Kier molecular flexibility index (Phi) is 3.96. The van der Waals surface area contributed by atoms with Gasteiger partial charge in [-0.3, -0.25) is 0 Å². The quantitative estimate of drug-likeness (QED) is 0.561. The molecule has 1 aliphatic heterocycles. The molecule has 1 aromatic carbocycles. The van der Waals surface area contributed by atoms with Crippen LogP contribution in [0.1, 0.15) is 32.6 Å². The van der Waals surface area contributed by atoms with E-state index in [2.05, 4.69) is 49.9 Å². The molecule has 0 N–H and O–H groups in total. The summed E-state index contributed by atoms with van der Waals surface area (Å²) in [7, 11) is 0. The fourth-order valence-electron chi connectivity index (χ4n) is 4.09. The Morgan fingerprint density at radius 2 is 2.20 bits per heavy atom. The van der Waals surface area contributed by atoms with Crippen LogP contribution in [0.25, 0.3) is 0 Å². The molecule has 20 heavy (non-hydrogen) atoms. The van der Waals surface area contributed by atoms with Crippen molar-refractivity contribution in [1.82, 2.24) is 0 Å². The van der Waals surface area contributed by atoms with Crippen molar-refractivity contribution in [3.8, 4) is 0 Å². The Balaban J connectivity index is 1.73. The monoisotopic (exact) mass is 288 g/mol. The van der Waals surface area contributed by atoms with Crippen molar-refractivity contribution in [3.05, 3.63) is 43.0 Å². The maximum Gasteiger partial charge on any atom is 0.0806 e. The number of ether oxygens (including phenoxy) is 1. The zero-order valence-electron chi connectivity index (χ0n) is 12.3. The van der Waals surface area contributed by atoms with Crippen LogP contribution in [-0.2, 0) is 4.74 Å². The Bertz CT molecular complexity index is 472. The minimum atomic E-state index is 0.0851. The molecule has 2 aliphatic rings. The van der Waals surface area contributed by atoms with E-state index in [4.69, 9.17) is 4.74 Å². The lowest BCUT2D eigenvalue weighted by molar-refractivity contribution is -0.0862. The van der Waals surface area contributed by atoms with E-state index in [1.54, 1.807) is 0 Å². The minimum absolute atomic E-state index is 0.0851. The highest BCUT2D eigenvalue weighted by atomic mass is 32.2. The van der Waals surface area contributed by atoms with Gasteiger partial charge >= 0.3 is 0 Å². The van der Waals surface area contributed by atoms with Gasteiger partial charge in [0.2, 0.25) is 0 Å². The van der Waals surface area contributed by atoms with Gasteiger partial charge in [0.25, 0.3) is 0 Å². The van der Waals surface area contributed by atoms with E-state index in [0.29, 0.717) is 11.3 Å². The first-order valence-electron chi connectivity index (χ1n) is 7.61. The maximum absolute atomic E-state index is 6.31. The van der Waals surface area contributed by atoms with E-state index in [9.17, 15) is 0 Å². The second-order valence-electron chi connectivity index (χ2n) is 6.54. The predicted molar refractivity (Wildman–Crippen MR) is 86.1 cm³/mol. The van der Waals surface area contributed by atoms with Crippen LogP contribution in [0.15, 0.2) is 47.9 Å². The third kappa shape index (κ3) is 2.56. The van der Waals surface area contributed by atoms with Gasteiger partial charge in [-0.2, -0.15) is 0 Å². The SMILES string of the molecule is C=CC[C@]12CCO[C@](CSc3ccccc3)(C1)C(C)C2. The molecule has 0 spiro atoms. The highest BCUT2D eigenvalue weighted by Crippen LogP contribution is 2.58. The summed E-state index contributed by atoms with van der Waals surface area (Å²) in [6, 6.07) is 10.7. The molecule has 0 radical (unpaired) electrons. The minimum Gasteiger partial charge on any atom is -0.374 e. The van der Waals surface area contributed by atoms with Crippen molar-refractivity contribution in [3.63, 3.8) is 0 Å². The van der Waals surface area contributed by atoms with Gasteiger partial charge in [0.1, 0.15) is 0 Å². The average Bonchev–Trinajstić information content (AvgIpc) is 2.65. The zero-order chi connectivity index (χ0) is 14.1. The summed E-state index contributed by atoms with van der Waals surface area (Å²) >= 11 is 1.95. The largest absolute Gasteiger partial charge is 0.374 e. The molecule has 1 heterocycles. The van der Waals surface area contributed by atoms with Crippen LogP contribution < -0.4 is 0 Å². The van der Waals surface area contributed by atoms with Crippen LogP contribution in [0, 0.1) is 11.3 Å². The van der Waals surface area contributed by atoms with Gasteiger partial charge in [0, 0.05) is 17.3 Å². The number of hydrogen-bond donors (Lipinski definition) is 0. The fraction of sp³-hybridized carbons (Fsp3) is 0.556. The smallest absolute Gasteiger partial charge is 0.0806 e. The highest BCUT2D eigenvalue weighted by molar-refractivity contribution is 7.99. The molecular formula is C18H24OS. The van der Waals surface area contributed by atoms with Crippen molar-refractivity contribution in [2.24, 2.45) is 11.3 Å². The summed E-state index contributed by atoms with van der Waals surface area (Å²) in [6.45, 7) is 7.26. The molecule has 108 valence electrons. The molecule has 2 fully saturated rings. The number of rotatable bonds is 5. The van der Waals surface area contributed by atoms with Crippen molar-refractivity contribution < 1.29 is 4.74 Å². The van der Waals surface area contributed by atoms with Crippen LogP contribution in [-0.4, -0.2) is 18.0 Å². The first-order chi connectivity index (χ1) is 9.68. The molecule has 1 aliphatic carbocycles. The van der Waals surface area contributed by atoms with E-state index >= 15 is 0 Å². The summed E-state index contributed by atoms with van der Waals surface area (Å²) in [4.78, 5) is 1.35. The third-order valence-corrected chi connectivity index (χ3v) is 6.38. The van der Waals surface area contributed by atoms with Gasteiger partial charge in [-0.25, -0.2) is 0 Å². The van der Waals surface area contributed by atoms with E-state index < -0.39 is 0 Å². The summed E-state index contributed by atoms with van der Waals surface area (Å²) < 4.78 is 6.31. The van der Waals surface area contributed by atoms with Gasteiger partial charge in [-0.1, -0.05) is 31.2 Å². The molecule has 1 aromatic rings. The summed E-state index contributed by atoms with van der Waals surface area (Å²) in [5.74, 6) is 1.73. The van der Waals surface area contributed by atoms with Crippen LogP contribution in [0.3, 0.4) is 0 Å². The molecule has 0 aromatic heterocycles. The zero-order valence-corrected chi connectivity index (χ0v) is 13.1. The summed E-state index contributed by atoms with van der Waals surface area (Å²) in [5, 5.41) is 0.